The van der Waals surface area contributed by atoms with E-state index in [0.717, 1.165) is 6.21 Å². The summed E-state index contributed by atoms with van der Waals surface area (Å²) in [7, 11) is 0. The van der Waals surface area contributed by atoms with Gasteiger partial charge in [0.15, 0.2) is 4.90 Å². The Labute approximate surface area is 74.8 Å². The molecule has 0 saturated heterocycles. The Balaban J connectivity index is 3.06. The number of nitrogen functional groups attached to an aromatic ring is 1. The summed E-state index contributed by atoms with van der Waals surface area (Å²) in [6, 6.07) is 6.57. The van der Waals surface area contributed by atoms with Gasteiger partial charge in [-0.2, -0.15) is 0 Å². The van der Waals surface area contributed by atoms with Crippen LogP contribution in [-0.4, -0.2) is 27.4 Å². The largest absolute Gasteiger partial charge is 0.384 e. The monoisotopic (exact) mass is 180 g/mol. The fraction of sp³-hybridized carbons (Fsp3) is 0. The van der Waals surface area contributed by atoms with Crippen LogP contribution in [0.1, 0.15) is 11.1 Å². The predicted octanol–water partition coefficient (Wildman–Crippen LogP) is 0.180. The van der Waals surface area contributed by atoms with Gasteiger partial charge in [0.2, 0.25) is 0 Å². The molecule has 0 aliphatic heterocycles. The van der Waals surface area contributed by atoms with E-state index in [1.165, 1.54) is 0 Å². The van der Waals surface area contributed by atoms with Gasteiger partial charge in [-0.05, 0) is 12.1 Å². The molecule has 0 spiro atoms. The van der Waals surface area contributed by atoms with Gasteiger partial charge in [-0.15, -0.1) is 0 Å². The van der Waals surface area contributed by atoms with Gasteiger partial charge in [-0.25, -0.2) is 10.4 Å². The van der Waals surface area contributed by atoms with Crippen LogP contribution in [0.3, 0.4) is 0 Å². The van der Waals surface area contributed by atoms with Crippen LogP contribution in [0.2, 0.25) is 0 Å². The maximum Gasteiger partial charge on any atom is 0.283 e. The third-order valence-corrected chi connectivity index (χ3v) is 1.46. The highest BCUT2D eigenvalue weighted by atomic mass is 16.8. The molecule has 0 unspecified atom stereocenters. The highest BCUT2D eigenvalue weighted by Crippen LogP contribution is 2.01. The summed E-state index contributed by atoms with van der Waals surface area (Å²) >= 11 is 0. The van der Waals surface area contributed by atoms with Gasteiger partial charge in [0, 0.05) is 11.1 Å². The Morgan fingerprint density at radius 3 is 2.69 bits per heavy atom. The number of amidine groups is 1. The molecule has 0 fully saturated rings. The van der Waals surface area contributed by atoms with Crippen LogP contribution < -0.4 is 5.73 Å². The molecule has 68 valence electrons. The van der Waals surface area contributed by atoms with Gasteiger partial charge in [0.1, 0.15) is 5.84 Å². The van der Waals surface area contributed by atoms with Crippen LogP contribution in [0.15, 0.2) is 24.3 Å². The second-order valence-electron chi connectivity index (χ2n) is 2.49. The Morgan fingerprint density at radius 1 is 1.46 bits per heavy atom. The van der Waals surface area contributed by atoms with Crippen LogP contribution >= 0.6 is 0 Å². The van der Waals surface area contributed by atoms with Gasteiger partial charge in [-0.1, -0.05) is 12.1 Å². The number of nitrogens with one attached hydrogen (secondary N) is 1. The van der Waals surface area contributed by atoms with Crippen molar-refractivity contribution in [1.82, 2.24) is 0 Å². The van der Waals surface area contributed by atoms with Gasteiger partial charge in [0.05, 0.1) is 0 Å². The molecule has 13 heavy (non-hydrogen) atoms. The van der Waals surface area contributed by atoms with Crippen molar-refractivity contribution in [1.29, 1.82) is 5.41 Å². The zero-order valence-electron chi connectivity index (χ0n) is 6.81. The Hall–Kier alpha value is -2.04. The van der Waals surface area contributed by atoms with Crippen LogP contribution in [0, 0.1) is 5.41 Å². The van der Waals surface area contributed by atoms with E-state index in [2.05, 4.69) is 0 Å². The van der Waals surface area contributed by atoms with Gasteiger partial charge in [0.25, 0.3) is 6.21 Å². The molecular formula is C8H10N3O2+. The fourth-order valence-corrected chi connectivity index (χ4v) is 0.920. The van der Waals surface area contributed by atoms with Crippen molar-refractivity contribution < 1.29 is 15.3 Å². The normalized spacial score (nSPS) is 9.23. The first-order valence-electron chi connectivity index (χ1n) is 3.56. The first-order valence-corrected chi connectivity index (χ1v) is 3.56. The summed E-state index contributed by atoms with van der Waals surface area (Å²) in [4.78, 5) is -0.0424. The van der Waals surface area contributed by atoms with Crippen molar-refractivity contribution in [2.45, 2.75) is 0 Å². The molecular weight excluding hydrogens is 170 g/mol. The van der Waals surface area contributed by atoms with Crippen molar-refractivity contribution in [3.05, 3.63) is 35.4 Å². The SMILES string of the molecule is N=C(N)c1cccc(C=[N+](O)O)c1. The molecule has 0 aromatic heterocycles. The number of hydrogen-bond donors (Lipinski definition) is 4. The van der Waals surface area contributed by atoms with Crippen molar-refractivity contribution >= 4 is 12.1 Å². The third-order valence-electron chi connectivity index (χ3n) is 1.46. The van der Waals surface area contributed by atoms with Crippen LogP contribution in [0.5, 0.6) is 0 Å². The summed E-state index contributed by atoms with van der Waals surface area (Å²) in [5.74, 6) is -0.0577. The Kier molecular flexibility index (Phi) is 2.49. The predicted molar refractivity (Wildman–Crippen MR) is 46.5 cm³/mol. The summed E-state index contributed by atoms with van der Waals surface area (Å²) in [5.41, 5.74) is 6.34. The highest BCUT2D eigenvalue weighted by Gasteiger charge is 2.01. The van der Waals surface area contributed by atoms with Crippen LogP contribution in [0.25, 0.3) is 0 Å². The molecule has 5 nitrogen and oxygen atoms in total. The molecule has 0 saturated carbocycles. The van der Waals surface area contributed by atoms with Gasteiger partial charge < -0.3 is 5.73 Å². The number of nitrogens with two attached hydrogens (primary N) is 1. The number of benzene rings is 1. The van der Waals surface area contributed by atoms with Crippen LogP contribution in [-0.2, 0) is 0 Å². The van der Waals surface area contributed by atoms with E-state index < -0.39 is 0 Å². The maximum absolute atomic E-state index is 8.48. The Morgan fingerprint density at radius 2 is 2.15 bits per heavy atom. The van der Waals surface area contributed by atoms with E-state index in [0.29, 0.717) is 11.1 Å². The van der Waals surface area contributed by atoms with E-state index in [4.69, 9.17) is 21.6 Å². The lowest BCUT2D eigenvalue weighted by molar-refractivity contribution is -0.952. The second-order valence-corrected chi connectivity index (χ2v) is 2.49. The molecule has 0 heterocycles. The third kappa shape index (κ3) is 2.48. The molecule has 0 aliphatic carbocycles. The molecule has 1 aromatic rings. The van der Waals surface area contributed by atoms with Crippen molar-refractivity contribution in [2.24, 2.45) is 5.73 Å². The molecule has 0 aliphatic rings. The van der Waals surface area contributed by atoms with E-state index in [9.17, 15) is 0 Å². The first-order chi connectivity index (χ1) is 6.09. The molecule has 5 heteroatoms. The quantitative estimate of drug-likeness (QED) is 0.226. The van der Waals surface area contributed by atoms with Crippen LogP contribution in [0.4, 0.5) is 0 Å². The maximum atomic E-state index is 8.48. The zero-order valence-corrected chi connectivity index (χ0v) is 6.81. The zero-order chi connectivity index (χ0) is 9.84. The number of rotatable bonds is 2. The smallest absolute Gasteiger partial charge is 0.283 e. The molecule has 1 rings (SSSR count). The molecule has 0 amide bonds. The fourth-order valence-electron chi connectivity index (χ4n) is 0.920. The lowest BCUT2D eigenvalue weighted by atomic mass is 10.1. The molecule has 1 aromatic carbocycles. The lowest BCUT2D eigenvalue weighted by Crippen LogP contribution is -2.11. The van der Waals surface area contributed by atoms with Gasteiger partial charge >= 0.3 is 0 Å². The topological polar surface area (TPSA) is 93.3 Å². The minimum absolute atomic E-state index is 0.0424. The average molecular weight is 180 g/mol. The minimum Gasteiger partial charge on any atom is -0.384 e. The Bertz CT molecular complexity index is 356. The summed E-state index contributed by atoms with van der Waals surface area (Å²) in [6.45, 7) is 0. The molecule has 0 bridgehead atoms. The van der Waals surface area contributed by atoms with Gasteiger partial charge in [-0.3, -0.25) is 5.41 Å². The summed E-state index contributed by atoms with van der Waals surface area (Å²) < 4.78 is 0. The van der Waals surface area contributed by atoms with E-state index >= 15 is 0 Å². The summed E-state index contributed by atoms with van der Waals surface area (Å²) in [5, 5.41) is 24.1. The van der Waals surface area contributed by atoms with Crippen molar-refractivity contribution in [3.63, 3.8) is 0 Å². The standard InChI is InChI=1S/C8H10N3O2/c9-8(10)7-3-1-2-6(4-7)5-11(12)13/h1-5,12-13H,(H3,9,10)/q+1. The molecule has 0 radical (unpaired) electrons. The highest BCUT2D eigenvalue weighted by molar-refractivity contribution is 5.96. The van der Waals surface area contributed by atoms with Crippen molar-refractivity contribution in [2.75, 3.05) is 0 Å². The minimum atomic E-state index is -0.0577. The molecule has 5 N–H and O–H groups in total. The first kappa shape index (κ1) is 9.05. The van der Waals surface area contributed by atoms with E-state index in [-0.39, 0.29) is 10.7 Å². The number of nitrogens with zero attached hydrogens (tertiary/aromatic N) is 1. The number of hydrogen-bond acceptors (Lipinski definition) is 3. The molecule has 0 atom stereocenters. The average Bonchev–Trinajstić information content (AvgIpc) is 2.03. The second kappa shape index (κ2) is 3.57. The van der Waals surface area contributed by atoms with Crippen molar-refractivity contribution in [3.8, 4) is 0 Å². The summed E-state index contributed by atoms with van der Waals surface area (Å²) in [6.07, 6.45) is 1.09. The van der Waals surface area contributed by atoms with E-state index in [1.807, 2.05) is 0 Å². The lowest BCUT2D eigenvalue weighted by Gasteiger charge is -1.96. The van der Waals surface area contributed by atoms with E-state index in [1.54, 1.807) is 24.3 Å².